The van der Waals surface area contributed by atoms with Gasteiger partial charge in [-0.05, 0) is 36.8 Å². The monoisotopic (exact) mass is 328 g/mol. The number of aromatic hydroxyl groups is 1. The van der Waals surface area contributed by atoms with Crippen LogP contribution < -0.4 is 10.1 Å². The van der Waals surface area contributed by atoms with E-state index in [1.807, 2.05) is 6.92 Å². The van der Waals surface area contributed by atoms with E-state index in [9.17, 15) is 14.7 Å². The quantitative estimate of drug-likeness (QED) is 0.826. The number of rotatable bonds is 5. The molecule has 0 aliphatic heterocycles. The Morgan fingerprint density at radius 3 is 2.54 bits per heavy atom. The summed E-state index contributed by atoms with van der Waals surface area (Å²) in [5.41, 5.74) is 1.48. The van der Waals surface area contributed by atoms with Crippen molar-refractivity contribution in [3.05, 3.63) is 53.6 Å². The van der Waals surface area contributed by atoms with Crippen LogP contribution in [0.2, 0.25) is 0 Å². The molecule has 0 spiro atoms. The minimum absolute atomic E-state index is 0.00969. The van der Waals surface area contributed by atoms with Crippen LogP contribution in [0.1, 0.15) is 15.9 Å². The maximum absolute atomic E-state index is 12.5. The van der Waals surface area contributed by atoms with Gasteiger partial charge in [-0.2, -0.15) is 0 Å². The van der Waals surface area contributed by atoms with Crippen LogP contribution in [0.25, 0.3) is 0 Å². The summed E-state index contributed by atoms with van der Waals surface area (Å²) in [6.07, 6.45) is 0. The third-order valence-corrected chi connectivity index (χ3v) is 3.38. The highest BCUT2D eigenvalue weighted by Gasteiger charge is 2.15. The van der Waals surface area contributed by atoms with Crippen molar-refractivity contribution in [3.63, 3.8) is 0 Å². The summed E-state index contributed by atoms with van der Waals surface area (Å²) in [5, 5.41) is 12.5. The second-order valence-corrected chi connectivity index (χ2v) is 5.55. The van der Waals surface area contributed by atoms with E-state index in [0.29, 0.717) is 11.4 Å². The van der Waals surface area contributed by atoms with Crippen molar-refractivity contribution in [2.75, 3.05) is 26.0 Å². The number of carbonyl (C=O) groups is 2. The van der Waals surface area contributed by atoms with Gasteiger partial charge in [0.2, 0.25) is 0 Å². The second kappa shape index (κ2) is 7.50. The molecule has 0 aromatic heterocycles. The molecule has 24 heavy (non-hydrogen) atoms. The van der Waals surface area contributed by atoms with Gasteiger partial charge in [0.25, 0.3) is 11.8 Å². The van der Waals surface area contributed by atoms with E-state index in [1.54, 1.807) is 56.6 Å². The highest BCUT2D eigenvalue weighted by molar-refractivity contribution is 6.06. The molecule has 0 bridgehead atoms. The first-order chi connectivity index (χ1) is 11.4. The number of phenols is 1. The van der Waals surface area contributed by atoms with Gasteiger partial charge < -0.3 is 20.1 Å². The normalized spacial score (nSPS) is 10.1. The minimum Gasteiger partial charge on any atom is -0.506 e. The number of hydrogen-bond donors (Lipinski definition) is 2. The standard InChI is InChI=1S/C18H20N2O4/c1-12-8-9-14(15(21)10-12)19-18(23)13-6-4-5-7-16(13)24-11-17(22)20(2)3/h4-10,21H,11H2,1-3H3,(H,19,23). The fourth-order valence-corrected chi connectivity index (χ4v) is 1.99. The number of likely N-dealkylation sites (N-methyl/N-ethyl adjacent to an activating group) is 1. The summed E-state index contributed by atoms with van der Waals surface area (Å²) < 4.78 is 5.45. The molecule has 126 valence electrons. The van der Waals surface area contributed by atoms with Crippen molar-refractivity contribution < 1.29 is 19.4 Å². The van der Waals surface area contributed by atoms with E-state index in [1.165, 1.54) is 4.90 Å². The zero-order valence-electron chi connectivity index (χ0n) is 13.9. The lowest BCUT2D eigenvalue weighted by atomic mass is 10.1. The summed E-state index contributed by atoms with van der Waals surface area (Å²) in [6.45, 7) is 1.68. The van der Waals surface area contributed by atoms with Gasteiger partial charge in [-0.15, -0.1) is 0 Å². The predicted octanol–water partition coefficient (Wildman–Crippen LogP) is 2.42. The molecular formula is C18H20N2O4. The Morgan fingerprint density at radius 2 is 1.88 bits per heavy atom. The maximum atomic E-state index is 12.5. The number of carbonyl (C=O) groups excluding carboxylic acids is 2. The van der Waals surface area contributed by atoms with Crippen molar-refractivity contribution in [1.29, 1.82) is 0 Å². The number of ether oxygens (including phenoxy) is 1. The molecular weight excluding hydrogens is 308 g/mol. The van der Waals surface area contributed by atoms with Gasteiger partial charge in [-0.1, -0.05) is 18.2 Å². The van der Waals surface area contributed by atoms with Crippen LogP contribution in [0.5, 0.6) is 11.5 Å². The van der Waals surface area contributed by atoms with E-state index < -0.39 is 5.91 Å². The van der Waals surface area contributed by atoms with Gasteiger partial charge in [0.15, 0.2) is 6.61 Å². The molecule has 0 radical (unpaired) electrons. The van der Waals surface area contributed by atoms with E-state index >= 15 is 0 Å². The van der Waals surface area contributed by atoms with Crippen LogP contribution in [0.3, 0.4) is 0 Å². The lowest BCUT2D eigenvalue weighted by Crippen LogP contribution is -2.28. The molecule has 0 aliphatic rings. The van der Waals surface area contributed by atoms with Crippen molar-refractivity contribution in [3.8, 4) is 11.5 Å². The highest BCUT2D eigenvalue weighted by Crippen LogP contribution is 2.26. The van der Waals surface area contributed by atoms with Crippen molar-refractivity contribution >= 4 is 17.5 Å². The average Bonchev–Trinajstić information content (AvgIpc) is 2.55. The largest absolute Gasteiger partial charge is 0.506 e. The summed E-state index contributed by atoms with van der Waals surface area (Å²) in [7, 11) is 3.26. The lowest BCUT2D eigenvalue weighted by Gasteiger charge is -2.14. The first-order valence-electron chi connectivity index (χ1n) is 7.41. The highest BCUT2D eigenvalue weighted by atomic mass is 16.5. The number of hydrogen-bond acceptors (Lipinski definition) is 4. The molecule has 2 aromatic carbocycles. The van der Waals surface area contributed by atoms with Crippen molar-refractivity contribution in [2.45, 2.75) is 6.92 Å². The van der Waals surface area contributed by atoms with Crippen LogP contribution in [0.4, 0.5) is 5.69 Å². The van der Waals surface area contributed by atoms with Gasteiger partial charge in [-0.25, -0.2) is 0 Å². The molecule has 2 aromatic rings. The Morgan fingerprint density at radius 1 is 1.17 bits per heavy atom. The van der Waals surface area contributed by atoms with Crippen LogP contribution in [0, 0.1) is 6.92 Å². The summed E-state index contributed by atoms with van der Waals surface area (Å²) in [4.78, 5) is 25.5. The van der Waals surface area contributed by atoms with Crippen LogP contribution >= 0.6 is 0 Å². The first kappa shape index (κ1) is 17.3. The molecule has 2 N–H and O–H groups in total. The molecule has 0 heterocycles. The molecule has 0 unspecified atom stereocenters. The number of para-hydroxylation sites is 1. The number of aryl methyl sites for hydroxylation is 1. The smallest absolute Gasteiger partial charge is 0.259 e. The predicted molar refractivity (Wildman–Crippen MR) is 91.4 cm³/mol. The molecule has 0 atom stereocenters. The first-order valence-corrected chi connectivity index (χ1v) is 7.41. The topological polar surface area (TPSA) is 78.9 Å². The zero-order chi connectivity index (χ0) is 17.7. The van der Waals surface area contributed by atoms with Gasteiger partial charge in [-0.3, -0.25) is 9.59 Å². The Balaban J connectivity index is 2.16. The lowest BCUT2D eigenvalue weighted by molar-refractivity contribution is -0.130. The third kappa shape index (κ3) is 4.25. The SMILES string of the molecule is Cc1ccc(NC(=O)c2ccccc2OCC(=O)N(C)C)c(O)c1. The Hall–Kier alpha value is -3.02. The number of amides is 2. The molecule has 2 amide bonds. The third-order valence-electron chi connectivity index (χ3n) is 3.38. The van der Waals surface area contributed by atoms with Crippen LogP contribution in [-0.4, -0.2) is 42.5 Å². The molecule has 6 nitrogen and oxygen atoms in total. The van der Waals surface area contributed by atoms with E-state index in [4.69, 9.17) is 4.74 Å². The second-order valence-electron chi connectivity index (χ2n) is 5.55. The van der Waals surface area contributed by atoms with Crippen LogP contribution in [-0.2, 0) is 4.79 Å². The molecule has 0 saturated carbocycles. The summed E-state index contributed by atoms with van der Waals surface area (Å²) in [5.74, 6) is -0.343. The van der Waals surface area contributed by atoms with Gasteiger partial charge in [0.05, 0.1) is 11.3 Å². The number of benzene rings is 2. The average molecular weight is 328 g/mol. The van der Waals surface area contributed by atoms with E-state index in [2.05, 4.69) is 5.32 Å². The van der Waals surface area contributed by atoms with Crippen molar-refractivity contribution in [1.82, 2.24) is 4.90 Å². The Kier molecular flexibility index (Phi) is 5.42. The zero-order valence-corrected chi connectivity index (χ0v) is 13.9. The Bertz CT molecular complexity index is 756. The minimum atomic E-state index is -0.429. The summed E-state index contributed by atoms with van der Waals surface area (Å²) in [6, 6.07) is 11.6. The fraction of sp³-hybridized carbons (Fsp3) is 0.222. The molecule has 6 heteroatoms. The maximum Gasteiger partial charge on any atom is 0.259 e. The van der Waals surface area contributed by atoms with Crippen LogP contribution in [0.15, 0.2) is 42.5 Å². The van der Waals surface area contributed by atoms with Gasteiger partial charge >= 0.3 is 0 Å². The number of nitrogens with one attached hydrogen (secondary N) is 1. The number of nitrogens with zero attached hydrogens (tertiary/aromatic N) is 1. The number of anilines is 1. The number of phenolic OH excluding ortho intramolecular Hbond substituents is 1. The Labute approximate surface area is 140 Å². The van der Waals surface area contributed by atoms with Crippen molar-refractivity contribution in [2.24, 2.45) is 0 Å². The van der Waals surface area contributed by atoms with Gasteiger partial charge in [0, 0.05) is 14.1 Å². The van der Waals surface area contributed by atoms with E-state index in [-0.39, 0.29) is 23.8 Å². The molecule has 0 aliphatic carbocycles. The molecule has 0 saturated heterocycles. The fourth-order valence-electron chi connectivity index (χ4n) is 1.99. The summed E-state index contributed by atoms with van der Waals surface area (Å²) >= 11 is 0. The molecule has 0 fully saturated rings. The van der Waals surface area contributed by atoms with Gasteiger partial charge in [0.1, 0.15) is 11.5 Å². The molecule has 2 rings (SSSR count). The van der Waals surface area contributed by atoms with E-state index in [0.717, 1.165) is 5.56 Å².